The molecule has 0 aliphatic carbocycles. The van der Waals surface area contributed by atoms with Crippen LogP contribution in [0.15, 0.2) is 60.7 Å². The SMILES string of the molecule is Cc1ccc(-c2ccc(Nc3ccc(CN4CCC(C)CC4)cc3)nn2)cc1. The molecule has 4 nitrogen and oxygen atoms in total. The van der Waals surface area contributed by atoms with Gasteiger partial charge in [-0.15, -0.1) is 10.2 Å². The molecule has 28 heavy (non-hydrogen) atoms. The topological polar surface area (TPSA) is 41.0 Å². The smallest absolute Gasteiger partial charge is 0.153 e. The van der Waals surface area contributed by atoms with E-state index in [2.05, 4.69) is 82.8 Å². The molecule has 2 heterocycles. The van der Waals surface area contributed by atoms with Gasteiger partial charge in [-0.3, -0.25) is 4.90 Å². The summed E-state index contributed by atoms with van der Waals surface area (Å²) in [6.45, 7) is 7.90. The van der Waals surface area contributed by atoms with Crippen molar-refractivity contribution in [3.8, 4) is 11.3 Å². The van der Waals surface area contributed by atoms with Crippen molar-refractivity contribution in [3.63, 3.8) is 0 Å². The summed E-state index contributed by atoms with van der Waals surface area (Å²) in [5.41, 5.74) is 5.61. The van der Waals surface area contributed by atoms with Crippen LogP contribution >= 0.6 is 0 Å². The number of hydrogen-bond acceptors (Lipinski definition) is 4. The van der Waals surface area contributed by atoms with Gasteiger partial charge in [0, 0.05) is 17.8 Å². The van der Waals surface area contributed by atoms with Gasteiger partial charge in [-0.2, -0.15) is 0 Å². The molecule has 0 atom stereocenters. The van der Waals surface area contributed by atoms with Crippen molar-refractivity contribution >= 4 is 11.5 Å². The third-order valence-corrected chi connectivity index (χ3v) is 5.52. The Balaban J connectivity index is 1.35. The summed E-state index contributed by atoms with van der Waals surface area (Å²) in [4.78, 5) is 2.55. The lowest BCUT2D eigenvalue weighted by molar-refractivity contribution is 0.185. The van der Waals surface area contributed by atoms with Crippen LogP contribution in [0, 0.1) is 12.8 Å². The van der Waals surface area contributed by atoms with Crippen molar-refractivity contribution < 1.29 is 0 Å². The number of nitrogens with one attached hydrogen (secondary N) is 1. The van der Waals surface area contributed by atoms with Crippen LogP contribution in [0.4, 0.5) is 11.5 Å². The lowest BCUT2D eigenvalue weighted by atomic mass is 9.99. The molecule has 0 saturated carbocycles. The van der Waals surface area contributed by atoms with Crippen LogP contribution in [0.2, 0.25) is 0 Å². The minimum absolute atomic E-state index is 0.758. The molecule has 4 heteroatoms. The van der Waals surface area contributed by atoms with Gasteiger partial charge >= 0.3 is 0 Å². The van der Waals surface area contributed by atoms with Crippen molar-refractivity contribution in [1.82, 2.24) is 15.1 Å². The van der Waals surface area contributed by atoms with Crippen molar-refractivity contribution in [3.05, 3.63) is 71.8 Å². The average molecular weight is 373 g/mol. The highest BCUT2D eigenvalue weighted by molar-refractivity contribution is 5.62. The normalized spacial score (nSPS) is 15.5. The van der Waals surface area contributed by atoms with Crippen LogP contribution in [-0.2, 0) is 6.54 Å². The second-order valence-corrected chi connectivity index (χ2v) is 7.95. The molecule has 4 rings (SSSR count). The van der Waals surface area contributed by atoms with Crippen LogP contribution in [0.25, 0.3) is 11.3 Å². The summed E-state index contributed by atoms with van der Waals surface area (Å²) in [6.07, 6.45) is 2.63. The Kier molecular flexibility index (Phi) is 5.68. The predicted octanol–water partition coefficient (Wildman–Crippen LogP) is 5.43. The Bertz CT molecular complexity index is 877. The van der Waals surface area contributed by atoms with Gasteiger partial charge < -0.3 is 5.32 Å². The first kappa shape index (κ1) is 18.6. The summed E-state index contributed by atoms with van der Waals surface area (Å²) >= 11 is 0. The molecular formula is C24H28N4. The van der Waals surface area contributed by atoms with Crippen molar-refractivity contribution in [2.45, 2.75) is 33.2 Å². The second-order valence-electron chi connectivity index (χ2n) is 7.95. The quantitative estimate of drug-likeness (QED) is 0.648. The summed E-state index contributed by atoms with van der Waals surface area (Å²) in [5, 5.41) is 12.0. The lowest BCUT2D eigenvalue weighted by Gasteiger charge is -2.30. The van der Waals surface area contributed by atoms with E-state index in [-0.39, 0.29) is 0 Å². The number of nitrogens with zero attached hydrogens (tertiary/aromatic N) is 3. The zero-order chi connectivity index (χ0) is 19.3. The van der Waals surface area contributed by atoms with E-state index in [1.165, 1.54) is 37.1 Å². The molecule has 1 aliphatic rings. The Labute approximate surface area is 167 Å². The van der Waals surface area contributed by atoms with Crippen LogP contribution in [0.3, 0.4) is 0 Å². The maximum atomic E-state index is 4.36. The van der Waals surface area contributed by atoms with Crippen LogP contribution < -0.4 is 5.32 Å². The average Bonchev–Trinajstić information content (AvgIpc) is 2.72. The first-order valence-electron chi connectivity index (χ1n) is 10.1. The number of aryl methyl sites for hydroxylation is 1. The maximum Gasteiger partial charge on any atom is 0.153 e. The molecule has 1 aliphatic heterocycles. The zero-order valence-electron chi connectivity index (χ0n) is 16.7. The number of anilines is 2. The molecule has 144 valence electrons. The Morgan fingerprint density at radius 3 is 2.25 bits per heavy atom. The number of likely N-dealkylation sites (tertiary alicyclic amines) is 1. The van der Waals surface area contributed by atoms with Gasteiger partial charge in [0.25, 0.3) is 0 Å². The van der Waals surface area contributed by atoms with Gasteiger partial charge in [0.15, 0.2) is 5.82 Å². The summed E-state index contributed by atoms with van der Waals surface area (Å²) in [6, 6.07) is 21.0. The van der Waals surface area contributed by atoms with E-state index < -0.39 is 0 Å². The second kappa shape index (κ2) is 8.53. The molecule has 3 aromatic rings. The van der Waals surface area contributed by atoms with E-state index >= 15 is 0 Å². The Morgan fingerprint density at radius 1 is 0.893 bits per heavy atom. The van der Waals surface area contributed by atoms with Gasteiger partial charge in [0.2, 0.25) is 0 Å². The minimum Gasteiger partial charge on any atom is -0.339 e. The van der Waals surface area contributed by atoms with Crippen LogP contribution in [-0.4, -0.2) is 28.2 Å². The highest BCUT2D eigenvalue weighted by atomic mass is 15.2. The molecule has 1 aromatic heterocycles. The minimum atomic E-state index is 0.758. The molecule has 0 bridgehead atoms. The summed E-state index contributed by atoms with van der Waals surface area (Å²) < 4.78 is 0. The fraction of sp³-hybridized carbons (Fsp3) is 0.333. The third-order valence-electron chi connectivity index (χ3n) is 5.52. The number of benzene rings is 2. The van der Waals surface area contributed by atoms with E-state index in [4.69, 9.17) is 0 Å². The van der Waals surface area contributed by atoms with E-state index in [0.717, 1.165) is 35.2 Å². The van der Waals surface area contributed by atoms with Gasteiger partial charge in [-0.1, -0.05) is 48.9 Å². The van der Waals surface area contributed by atoms with E-state index in [1.807, 2.05) is 12.1 Å². The van der Waals surface area contributed by atoms with Crippen molar-refractivity contribution in [2.24, 2.45) is 5.92 Å². The van der Waals surface area contributed by atoms with E-state index in [9.17, 15) is 0 Å². The largest absolute Gasteiger partial charge is 0.339 e. The number of rotatable bonds is 5. The molecule has 2 aromatic carbocycles. The molecule has 1 saturated heterocycles. The van der Waals surface area contributed by atoms with Gasteiger partial charge in [0.05, 0.1) is 5.69 Å². The van der Waals surface area contributed by atoms with E-state index in [1.54, 1.807) is 0 Å². The van der Waals surface area contributed by atoms with Crippen molar-refractivity contribution in [1.29, 1.82) is 0 Å². The molecule has 0 spiro atoms. The van der Waals surface area contributed by atoms with Crippen molar-refractivity contribution in [2.75, 3.05) is 18.4 Å². The molecular weight excluding hydrogens is 344 g/mol. The molecule has 1 fully saturated rings. The Hall–Kier alpha value is -2.72. The number of hydrogen-bond donors (Lipinski definition) is 1. The van der Waals surface area contributed by atoms with Gasteiger partial charge in [0.1, 0.15) is 0 Å². The number of aromatic nitrogens is 2. The first-order valence-corrected chi connectivity index (χ1v) is 10.1. The molecule has 1 N–H and O–H groups in total. The number of piperidine rings is 1. The monoisotopic (exact) mass is 372 g/mol. The third kappa shape index (κ3) is 4.76. The molecule has 0 amide bonds. The molecule has 0 unspecified atom stereocenters. The first-order chi connectivity index (χ1) is 13.7. The standard InChI is InChI=1S/C24H28N4/c1-18-3-7-21(8-4-18)23-11-12-24(27-26-23)25-22-9-5-20(6-10-22)17-28-15-13-19(2)14-16-28/h3-12,19H,13-17H2,1-2H3,(H,25,27). The zero-order valence-corrected chi connectivity index (χ0v) is 16.7. The highest BCUT2D eigenvalue weighted by Gasteiger charge is 2.15. The summed E-state index contributed by atoms with van der Waals surface area (Å²) in [5.74, 6) is 1.63. The fourth-order valence-electron chi connectivity index (χ4n) is 3.60. The van der Waals surface area contributed by atoms with Crippen LogP contribution in [0.1, 0.15) is 30.9 Å². The Morgan fingerprint density at radius 2 is 1.61 bits per heavy atom. The molecule has 0 radical (unpaired) electrons. The maximum absolute atomic E-state index is 4.36. The predicted molar refractivity (Wildman–Crippen MR) is 116 cm³/mol. The van der Waals surface area contributed by atoms with Crippen LogP contribution in [0.5, 0.6) is 0 Å². The lowest BCUT2D eigenvalue weighted by Crippen LogP contribution is -2.32. The highest BCUT2D eigenvalue weighted by Crippen LogP contribution is 2.21. The van der Waals surface area contributed by atoms with Gasteiger partial charge in [-0.05, 0) is 68.6 Å². The fourth-order valence-corrected chi connectivity index (χ4v) is 3.60. The van der Waals surface area contributed by atoms with Gasteiger partial charge in [-0.25, -0.2) is 0 Å². The van der Waals surface area contributed by atoms with E-state index in [0.29, 0.717) is 0 Å². The summed E-state index contributed by atoms with van der Waals surface area (Å²) in [7, 11) is 0.